The summed E-state index contributed by atoms with van der Waals surface area (Å²) in [6, 6.07) is 19.5. The van der Waals surface area contributed by atoms with E-state index in [0.29, 0.717) is 22.7 Å². The van der Waals surface area contributed by atoms with Gasteiger partial charge in [-0.3, -0.25) is 9.78 Å². The number of hydrogen-bond acceptors (Lipinski definition) is 3. The first-order chi connectivity index (χ1) is 15.0. The van der Waals surface area contributed by atoms with Gasteiger partial charge in [-0.2, -0.15) is 8.78 Å². The van der Waals surface area contributed by atoms with Crippen LogP contribution in [0.3, 0.4) is 0 Å². The number of nitrogens with zero attached hydrogens (tertiary/aromatic N) is 1. The molecule has 1 fully saturated rings. The second-order valence-corrected chi connectivity index (χ2v) is 8.04. The Morgan fingerprint density at radius 2 is 1.90 bits per heavy atom. The van der Waals surface area contributed by atoms with E-state index in [-0.39, 0.29) is 17.6 Å². The van der Waals surface area contributed by atoms with E-state index in [1.165, 1.54) is 18.3 Å². The summed E-state index contributed by atoms with van der Waals surface area (Å²) in [5.74, 6) is -0.129. The lowest BCUT2D eigenvalue weighted by Gasteiger charge is -2.36. The average molecular weight is 443 g/mol. The minimum absolute atomic E-state index is 0.0135. The zero-order valence-corrected chi connectivity index (χ0v) is 17.4. The van der Waals surface area contributed by atoms with E-state index in [1.54, 1.807) is 24.3 Å². The van der Waals surface area contributed by atoms with Crippen molar-refractivity contribution in [1.29, 1.82) is 0 Å². The van der Waals surface area contributed by atoms with Crippen molar-refractivity contribution in [2.75, 3.05) is 0 Å². The van der Waals surface area contributed by atoms with Crippen LogP contribution in [-0.4, -0.2) is 17.5 Å². The van der Waals surface area contributed by atoms with Gasteiger partial charge in [-0.15, -0.1) is 0 Å². The molecule has 7 heteroatoms. The summed E-state index contributed by atoms with van der Waals surface area (Å²) in [7, 11) is 0. The predicted octanol–water partition coefficient (Wildman–Crippen LogP) is 5.35. The summed E-state index contributed by atoms with van der Waals surface area (Å²) in [6.07, 6.45) is 3.55. The second-order valence-electron chi connectivity index (χ2n) is 7.60. The molecular formula is C24H21ClF2N2O2. The molecule has 0 aliphatic heterocycles. The van der Waals surface area contributed by atoms with E-state index in [1.807, 2.05) is 30.3 Å². The Morgan fingerprint density at radius 3 is 2.55 bits per heavy atom. The SMILES string of the molecule is O=C(N[C@](Cc1ccccc1)(c1cccc(OC(F)F)c1)c1ccc(Cl)cn1)C1CC1. The normalized spacial score (nSPS) is 15.4. The number of amides is 1. The zero-order chi connectivity index (χ0) is 21.8. The topological polar surface area (TPSA) is 51.2 Å². The van der Waals surface area contributed by atoms with Crippen molar-refractivity contribution >= 4 is 17.5 Å². The van der Waals surface area contributed by atoms with Gasteiger partial charge >= 0.3 is 6.61 Å². The largest absolute Gasteiger partial charge is 0.435 e. The highest BCUT2D eigenvalue weighted by Gasteiger charge is 2.41. The van der Waals surface area contributed by atoms with Crippen molar-refractivity contribution in [2.45, 2.75) is 31.4 Å². The number of carbonyl (C=O) groups excluding carboxylic acids is 1. The summed E-state index contributed by atoms with van der Waals surface area (Å²) in [5.41, 5.74) is 1.02. The zero-order valence-electron chi connectivity index (χ0n) is 16.6. The fraction of sp³-hybridized carbons (Fsp3) is 0.250. The quantitative estimate of drug-likeness (QED) is 0.511. The second kappa shape index (κ2) is 9.02. The number of halogens is 3. The Balaban J connectivity index is 1.87. The van der Waals surface area contributed by atoms with E-state index in [4.69, 9.17) is 11.6 Å². The highest BCUT2D eigenvalue weighted by molar-refractivity contribution is 6.30. The van der Waals surface area contributed by atoms with Gasteiger partial charge in [0.2, 0.25) is 5.91 Å². The third-order valence-corrected chi connectivity index (χ3v) is 5.54. The molecule has 0 saturated heterocycles. The Bertz CT molecular complexity index is 1040. The van der Waals surface area contributed by atoms with Crippen molar-refractivity contribution < 1.29 is 18.3 Å². The molecule has 4 nitrogen and oxygen atoms in total. The first-order valence-electron chi connectivity index (χ1n) is 9.99. The standard InChI is InChI=1S/C24H21ClF2N2O2/c25-19-11-12-21(28-15-19)24(29-22(30)17-9-10-17,14-16-5-2-1-3-6-16)18-7-4-8-20(13-18)31-23(26)27/h1-8,11-13,15,17,23H,9-10,14H2,(H,29,30)/t24-/m1/s1. The monoisotopic (exact) mass is 442 g/mol. The molecule has 1 saturated carbocycles. The van der Waals surface area contributed by atoms with E-state index < -0.39 is 12.2 Å². The van der Waals surface area contributed by atoms with E-state index in [0.717, 1.165) is 18.4 Å². The van der Waals surface area contributed by atoms with Gasteiger partial charge in [0.05, 0.1) is 10.7 Å². The number of benzene rings is 2. The molecule has 1 N–H and O–H groups in total. The first-order valence-corrected chi connectivity index (χ1v) is 10.4. The maximum Gasteiger partial charge on any atom is 0.387 e. The molecule has 0 spiro atoms. The number of pyridine rings is 1. The van der Waals surface area contributed by atoms with Gasteiger partial charge in [-0.25, -0.2) is 0 Å². The van der Waals surface area contributed by atoms with Crippen LogP contribution in [0.4, 0.5) is 8.78 Å². The molecule has 160 valence electrons. The number of carbonyl (C=O) groups is 1. The molecule has 1 heterocycles. The van der Waals surface area contributed by atoms with Crippen LogP contribution in [0.25, 0.3) is 0 Å². The maximum atomic E-state index is 13.0. The predicted molar refractivity (Wildman–Crippen MR) is 114 cm³/mol. The lowest BCUT2D eigenvalue weighted by atomic mass is 9.80. The van der Waals surface area contributed by atoms with Crippen molar-refractivity contribution in [3.8, 4) is 5.75 Å². The molecule has 1 aliphatic carbocycles. The summed E-state index contributed by atoms with van der Waals surface area (Å²) in [5, 5.41) is 3.64. The number of ether oxygens (including phenoxy) is 1. The van der Waals surface area contributed by atoms with Crippen molar-refractivity contribution in [3.05, 3.63) is 94.8 Å². The third kappa shape index (κ3) is 5.02. The molecule has 3 aromatic rings. The molecule has 1 aliphatic rings. The highest BCUT2D eigenvalue weighted by Crippen LogP contribution is 2.37. The van der Waals surface area contributed by atoms with Gasteiger partial charge in [0, 0.05) is 18.5 Å². The molecule has 31 heavy (non-hydrogen) atoms. The molecule has 0 radical (unpaired) electrons. The smallest absolute Gasteiger partial charge is 0.387 e. The average Bonchev–Trinajstić information content (AvgIpc) is 3.60. The van der Waals surface area contributed by atoms with Crippen LogP contribution in [0.5, 0.6) is 5.75 Å². The molecule has 2 aromatic carbocycles. The van der Waals surface area contributed by atoms with Gasteiger partial charge in [-0.1, -0.05) is 54.1 Å². The molecule has 4 rings (SSSR count). The van der Waals surface area contributed by atoms with E-state index in [9.17, 15) is 13.6 Å². The number of alkyl halides is 2. The maximum absolute atomic E-state index is 13.0. The van der Waals surface area contributed by atoms with Crippen molar-refractivity contribution in [1.82, 2.24) is 10.3 Å². The lowest BCUT2D eigenvalue weighted by Crippen LogP contribution is -2.49. The number of hydrogen-bond donors (Lipinski definition) is 1. The van der Waals surface area contributed by atoms with Crippen LogP contribution >= 0.6 is 11.6 Å². The van der Waals surface area contributed by atoms with E-state index in [2.05, 4.69) is 15.0 Å². The van der Waals surface area contributed by atoms with Gasteiger partial charge in [0.1, 0.15) is 11.3 Å². The minimum atomic E-state index is -2.95. The Hall–Kier alpha value is -2.99. The van der Waals surface area contributed by atoms with Crippen LogP contribution in [0.15, 0.2) is 72.9 Å². The molecule has 0 bridgehead atoms. The Labute approximate surface area is 184 Å². The van der Waals surface area contributed by atoms with Gasteiger partial charge in [-0.05, 0) is 48.2 Å². The lowest BCUT2D eigenvalue weighted by molar-refractivity contribution is -0.124. The molecular weight excluding hydrogens is 422 g/mol. The van der Waals surface area contributed by atoms with Crippen LogP contribution < -0.4 is 10.1 Å². The van der Waals surface area contributed by atoms with Gasteiger partial charge < -0.3 is 10.1 Å². The molecule has 1 atom stereocenters. The van der Waals surface area contributed by atoms with Crippen molar-refractivity contribution in [2.24, 2.45) is 5.92 Å². The minimum Gasteiger partial charge on any atom is -0.435 e. The highest BCUT2D eigenvalue weighted by atomic mass is 35.5. The van der Waals surface area contributed by atoms with Crippen LogP contribution in [0, 0.1) is 5.92 Å². The van der Waals surface area contributed by atoms with Crippen LogP contribution in [-0.2, 0) is 16.8 Å². The van der Waals surface area contributed by atoms with Crippen LogP contribution in [0.1, 0.15) is 29.7 Å². The summed E-state index contributed by atoms with van der Waals surface area (Å²) in [4.78, 5) is 17.5. The summed E-state index contributed by atoms with van der Waals surface area (Å²) >= 11 is 6.06. The Morgan fingerprint density at radius 1 is 1.13 bits per heavy atom. The fourth-order valence-electron chi connectivity index (χ4n) is 3.65. The fourth-order valence-corrected chi connectivity index (χ4v) is 3.76. The first kappa shape index (κ1) is 21.2. The molecule has 1 amide bonds. The number of rotatable bonds is 8. The number of nitrogens with one attached hydrogen (secondary N) is 1. The summed E-state index contributed by atoms with van der Waals surface area (Å²) < 4.78 is 30.4. The van der Waals surface area contributed by atoms with Crippen LogP contribution in [0.2, 0.25) is 5.02 Å². The van der Waals surface area contributed by atoms with Crippen molar-refractivity contribution in [3.63, 3.8) is 0 Å². The molecule has 0 unspecified atom stereocenters. The third-order valence-electron chi connectivity index (χ3n) is 5.31. The summed E-state index contributed by atoms with van der Waals surface area (Å²) in [6.45, 7) is -2.95. The number of aromatic nitrogens is 1. The Kier molecular flexibility index (Phi) is 6.18. The van der Waals surface area contributed by atoms with Gasteiger partial charge in [0.15, 0.2) is 0 Å². The van der Waals surface area contributed by atoms with E-state index >= 15 is 0 Å². The van der Waals surface area contributed by atoms with Gasteiger partial charge in [0.25, 0.3) is 0 Å². The molecule has 1 aromatic heterocycles.